The molecule has 0 aliphatic heterocycles. The van der Waals surface area contributed by atoms with E-state index in [1.807, 2.05) is 11.8 Å². The molecule has 0 heterocycles. The summed E-state index contributed by atoms with van der Waals surface area (Å²) in [6.07, 6.45) is 7.61. The Morgan fingerprint density at radius 1 is 1.44 bits per heavy atom. The molecule has 1 fully saturated rings. The van der Waals surface area contributed by atoms with E-state index >= 15 is 0 Å². The maximum atomic E-state index is 11.0. The third-order valence-corrected chi connectivity index (χ3v) is 4.03. The first kappa shape index (κ1) is 13.8. The van der Waals surface area contributed by atoms with Crippen molar-refractivity contribution in [2.24, 2.45) is 11.8 Å². The second kappa shape index (κ2) is 7.96. The standard InChI is InChI=1S/C12H23NO2S/c1-16-8-3-2-7-13-9-10-5-4-6-11(10)12(14)15/h10-11,13H,2-9H2,1H3,(H,14,15). The summed E-state index contributed by atoms with van der Waals surface area (Å²) in [5, 5.41) is 12.4. The van der Waals surface area contributed by atoms with Gasteiger partial charge in [0, 0.05) is 0 Å². The highest BCUT2D eigenvalue weighted by molar-refractivity contribution is 7.98. The molecule has 0 aromatic carbocycles. The number of nitrogens with one attached hydrogen (secondary N) is 1. The van der Waals surface area contributed by atoms with Gasteiger partial charge in [-0.2, -0.15) is 11.8 Å². The lowest BCUT2D eigenvalue weighted by Gasteiger charge is -2.16. The van der Waals surface area contributed by atoms with Crippen LogP contribution in [0.1, 0.15) is 32.1 Å². The van der Waals surface area contributed by atoms with Gasteiger partial charge in [-0.1, -0.05) is 6.42 Å². The fourth-order valence-electron chi connectivity index (χ4n) is 2.39. The van der Waals surface area contributed by atoms with Crippen molar-refractivity contribution in [3.63, 3.8) is 0 Å². The molecule has 3 nitrogen and oxygen atoms in total. The van der Waals surface area contributed by atoms with Gasteiger partial charge in [0.25, 0.3) is 0 Å². The number of hydrogen-bond donors (Lipinski definition) is 2. The van der Waals surface area contributed by atoms with E-state index < -0.39 is 5.97 Å². The molecule has 0 aromatic heterocycles. The molecule has 1 aliphatic carbocycles. The summed E-state index contributed by atoms with van der Waals surface area (Å²) in [7, 11) is 0. The quantitative estimate of drug-likeness (QED) is 0.644. The molecule has 0 amide bonds. The minimum atomic E-state index is -0.605. The Morgan fingerprint density at radius 2 is 2.25 bits per heavy atom. The predicted molar refractivity (Wildman–Crippen MR) is 69.0 cm³/mol. The van der Waals surface area contributed by atoms with E-state index in [2.05, 4.69) is 11.6 Å². The molecule has 16 heavy (non-hydrogen) atoms. The van der Waals surface area contributed by atoms with Crippen molar-refractivity contribution in [2.75, 3.05) is 25.1 Å². The maximum Gasteiger partial charge on any atom is 0.306 e. The zero-order valence-electron chi connectivity index (χ0n) is 10.1. The molecule has 1 saturated carbocycles. The summed E-state index contributed by atoms with van der Waals surface area (Å²) in [5.74, 6) is 0.881. The third kappa shape index (κ3) is 4.74. The van der Waals surface area contributed by atoms with Crippen molar-refractivity contribution in [3.05, 3.63) is 0 Å². The highest BCUT2D eigenvalue weighted by Gasteiger charge is 2.32. The van der Waals surface area contributed by atoms with Crippen LogP contribution in [0.15, 0.2) is 0 Å². The first-order chi connectivity index (χ1) is 7.75. The average Bonchev–Trinajstić information content (AvgIpc) is 2.71. The molecule has 0 saturated heterocycles. The van der Waals surface area contributed by atoms with E-state index in [4.69, 9.17) is 5.11 Å². The molecule has 0 radical (unpaired) electrons. The average molecular weight is 245 g/mol. The number of carboxylic acid groups (broad SMARTS) is 1. The molecule has 1 rings (SSSR count). The lowest BCUT2D eigenvalue weighted by atomic mass is 9.96. The van der Waals surface area contributed by atoms with E-state index in [1.165, 1.54) is 18.6 Å². The SMILES string of the molecule is CSCCCCNCC1CCCC1C(=O)O. The Kier molecular flexibility index (Phi) is 6.88. The van der Waals surface area contributed by atoms with Gasteiger partial charge >= 0.3 is 5.97 Å². The van der Waals surface area contributed by atoms with Crippen molar-refractivity contribution in [1.29, 1.82) is 0 Å². The smallest absolute Gasteiger partial charge is 0.306 e. The maximum absolute atomic E-state index is 11.0. The van der Waals surface area contributed by atoms with E-state index in [-0.39, 0.29) is 5.92 Å². The van der Waals surface area contributed by atoms with Crippen LogP contribution in [0.25, 0.3) is 0 Å². The minimum absolute atomic E-state index is 0.0984. The first-order valence-corrected chi connectivity index (χ1v) is 7.57. The van der Waals surface area contributed by atoms with Gasteiger partial charge in [-0.3, -0.25) is 4.79 Å². The van der Waals surface area contributed by atoms with Crippen LogP contribution >= 0.6 is 11.8 Å². The molecule has 2 atom stereocenters. The van der Waals surface area contributed by atoms with Crippen molar-refractivity contribution in [3.8, 4) is 0 Å². The molecule has 4 heteroatoms. The first-order valence-electron chi connectivity index (χ1n) is 6.18. The monoisotopic (exact) mass is 245 g/mol. The summed E-state index contributed by atoms with van der Waals surface area (Å²) < 4.78 is 0. The number of carbonyl (C=O) groups is 1. The van der Waals surface area contributed by atoms with Crippen LogP contribution < -0.4 is 5.32 Å². The second-order valence-corrected chi connectivity index (χ2v) is 5.53. The highest BCUT2D eigenvalue weighted by Crippen LogP contribution is 2.31. The predicted octanol–water partition coefficient (Wildman–Crippen LogP) is 2.22. The largest absolute Gasteiger partial charge is 0.481 e. The number of thioether (sulfide) groups is 1. The van der Waals surface area contributed by atoms with Crippen molar-refractivity contribution >= 4 is 17.7 Å². The summed E-state index contributed by atoms with van der Waals surface area (Å²) in [6, 6.07) is 0. The number of rotatable bonds is 8. The van der Waals surface area contributed by atoms with Crippen molar-refractivity contribution in [1.82, 2.24) is 5.32 Å². The van der Waals surface area contributed by atoms with Gasteiger partial charge in [0.15, 0.2) is 0 Å². The molecule has 0 bridgehead atoms. The third-order valence-electron chi connectivity index (χ3n) is 3.33. The normalized spacial score (nSPS) is 24.8. The van der Waals surface area contributed by atoms with Crippen LogP contribution in [0.5, 0.6) is 0 Å². The minimum Gasteiger partial charge on any atom is -0.481 e. The summed E-state index contributed by atoms with van der Waals surface area (Å²) >= 11 is 1.88. The number of aliphatic carboxylic acids is 1. The zero-order valence-corrected chi connectivity index (χ0v) is 10.9. The number of carboxylic acids is 1. The molecule has 1 aliphatic rings. The van der Waals surface area contributed by atoms with E-state index in [0.29, 0.717) is 5.92 Å². The number of unbranched alkanes of at least 4 members (excludes halogenated alkanes) is 1. The highest BCUT2D eigenvalue weighted by atomic mass is 32.2. The fourth-order valence-corrected chi connectivity index (χ4v) is 2.88. The summed E-state index contributed by atoms with van der Waals surface area (Å²) in [4.78, 5) is 11.0. The van der Waals surface area contributed by atoms with Crippen LogP contribution in [0.2, 0.25) is 0 Å². The molecule has 0 aromatic rings. The van der Waals surface area contributed by atoms with Gasteiger partial charge < -0.3 is 10.4 Å². The fraction of sp³-hybridized carbons (Fsp3) is 0.917. The van der Waals surface area contributed by atoms with Crippen LogP contribution in [-0.4, -0.2) is 36.2 Å². The molecule has 0 spiro atoms. The summed E-state index contributed by atoms with van der Waals surface area (Å²) in [6.45, 7) is 1.92. The van der Waals surface area contributed by atoms with E-state index in [0.717, 1.165) is 32.4 Å². The topological polar surface area (TPSA) is 49.3 Å². The Bertz CT molecular complexity index is 211. The van der Waals surface area contributed by atoms with Gasteiger partial charge in [-0.05, 0) is 56.7 Å². The van der Waals surface area contributed by atoms with Gasteiger partial charge in [0.2, 0.25) is 0 Å². The van der Waals surface area contributed by atoms with Crippen LogP contribution in [-0.2, 0) is 4.79 Å². The van der Waals surface area contributed by atoms with Gasteiger partial charge in [0.05, 0.1) is 5.92 Å². The van der Waals surface area contributed by atoms with Gasteiger partial charge in [-0.25, -0.2) is 0 Å². The van der Waals surface area contributed by atoms with Crippen molar-refractivity contribution < 1.29 is 9.90 Å². The lowest BCUT2D eigenvalue weighted by Crippen LogP contribution is -2.29. The molecular weight excluding hydrogens is 222 g/mol. The summed E-state index contributed by atoms with van der Waals surface area (Å²) in [5.41, 5.74) is 0. The van der Waals surface area contributed by atoms with Gasteiger partial charge in [0.1, 0.15) is 0 Å². The second-order valence-electron chi connectivity index (χ2n) is 4.54. The van der Waals surface area contributed by atoms with Crippen LogP contribution in [0.4, 0.5) is 0 Å². The number of hydrogen-bond acceptors (Lipinski definition) is 3. The van der Waals surface area contributed by atoms with Crippen LogP contribution in [0, 0.1) is 11.8 Å². The molecule has 2 unspecified atom stereocenters. The van der Waals surface area contributed by atoms with E-state index in [1.54, 1.807) is 0 Å². The Hall–Kier alpha value is -0.220. The molecule has 2 N–H and O–H groups in total. The van der Waals surface area contributed by atoms with Crippen LogP contribution in [0.3, 0.4) is 0 Å². The Morgan fingerprint density at radius 3 is 2.94 bits per heavy atom. The zero-order chi connectivity index (χ0) is 11.8. The molecule has 94 valence electrons. The lowest BCUT2D eigenvalue weighted by molar-refractivity contribution is -0.142. The Balaban J connectivity index is 2.05. The Labute approximate surface area is 102 Å². The van der Waals surface area contributed by atoms with E-state index in [9.17, 15) is 4.79 Å². The van der Waals surface area contributed by atoms with Gasteiger partial charge in [-0.15, -0.1) is 0 Å². The van der Waals surface area contributed by atoms with Crippen molar-refractivity contribution in [2.45, 2.75) is 32.1 Å². The molecular formula is C12H23NO2S.